The summed E-state index contributed by atoms with van der Waals surface area (Å²) >= 11 is 4.88. The smallest absolute Gasteiger partial charge is 0.330 e. The molecule has 2 rings (SSSR count). The Morgan fingerprint density at radius 3 is 2.44 bits per heavy atom. The number of sulfone groups is 1. The minimum absolute atomic E-state index is 0.419. The standard InChI is InChI=1S/C9H11BrINO5S/c1-8(2)4(5(13)17-3)12-6(14)9(10,11)7(12)18(8,15)16/h4,7H,1-3H3/t4-,7+,9?/m0/s1. The van der Waals surface area contributed by atoms with E-state index in [4.69, 9.17) is 0 Å². The van der Waals surface area contributed by atoms with Crippen molar-refractivity contribution in [2.45, 2.75) is 32.3 Å². The fourth-order valence-corrected chi connectivity index (χ4v) is 7.23. The third kappa shape index (κ3) is 1.41. The van der Waals surface area contributed by atoms with E-state index < -0.39 is 40.2 Å². The molecule has 2 heterocycles. The zero-order valence-corrected chi connectivity index (χ0v) is 14.4. The molecule has 1 amide bonds. The molecule has 0 aromatic carbocycles. The maximum absolute atomic E-state index is 12.4. The van der Waals surface area contributed by atoms with Gasteiger partial charge in [-0.15, -0.1) is 0 Å². The van der Waals surface area contributed by atoms with Crippen LogP contribution < -0.4 is 0 Å². The van der Waals surface area contributed by atoms with Gasteiger partial charge in [0.05, 0.1) is 7.11 Å². The summed E-state index contributed by atoms with van der Waals surface area (Å²) in [6.07, 6.45) is 0. The summed E-state index contributed by atoms with van der Waals surface area (Å²) in [6.45, 7) is 2.88. The quantitative estimate of drug-likeness (QED) is 0.250. The molecule has 2 saturated heterocycles. The third-order valence-electron chi connectivity index (χ3n) is 3.47. The van der Waals surface area contributed by atoms with Crippen molar-refractivity contribution in [3.63, 3.8) is 0 Å². The van der Waals surface area contributed by atoms with E-state index in [0.717, 1.165) is 4.90 Å². The van der Waals surface area contributed by atoms with Crippen molar-refractivity contribution in [2.75, 3.05) is 7.11 Å². The van der Waals surface area contributed by atoms with Gasteiger partial charge in [-0.3, -0.25) is 4.79 Å². The highest BCUT2D eigenvalue weighted by Crippen LogP contribution is 2.56. The molecule has 0 saturated carbocycles. The Morgan fingerprint density at radius 2 is 2.00 bits per heavy atom. The minimum atomic E-state index is -3.66. The zero-order valence-electron chi connectivity index (χ0n) is 9.81. The van der Waals surface area contributed by atoms with Crippen LogP contribution in [0.25, 0.3) is 0 Å². The molecule has 1 unspecified atom stereocenters. The van der Waals surface area contributed by atoms with Gasteiger partial charge in [-0.25, -0.2) is 13.2 Å². The highest BCUT2D eigenvalue weighted by Gasteiger charge is 2.77. The van der Waals surface area contributed by atoms with Gasteiger partial charge in [0.2, 0.25) is 0 Å². The fourth-order valence-electron chi connectivity index (χ4n) is 2.38. The van der Waals surface area contributed by atoms with Crippen LogP contribution in [0.5, 0.6) is 0 Å². The summed E-state index contributed by atoms with van der Waals surface area (Å²) in [6, 6.07) is -1.09. The first-order valence-corrected chi connectivity index (χ1v) is 8.45. The Labute approximate surface area is 127 Å². The van der Waals surface area contributed by atoms with Crippen molar-refractivity contribution in [1.29, 1.82) is 0 Å². The molecule has 2 aliphatic rings. The van der Waals surface area contributed by atoms with Crippen molar-refractivity contribution in [3.05, 3.63) is 0 Å². The van der Waals surface area contributed by atoms with E-state index in [-0.39, 0.29) is 0 Å². The van der Waals surface area contributed by atoms with Gasteiger partial charge in [-0.1, -0.05) is 38.5 Å². The number of β-lactam (4-membered cyclic amide) rings is 1. The van der Waals surface area contributed by atoms with E-state index in [0.29, 0.717) is 0 Å². The van der Waals surface area contributed by atoms with Crippen LogP contribution in [0.2, 0.25) is 0 Å². The molecule has 0 radical (unpaired) electrons. The largest absolute Gasteiger partial charge is 0.467 e. The lowest BCUT2D eigenvalue weighted by molar-refractivity contribution is -0.159. The van der Waals surface area contributed by atoms with E-state index in [1.165, 1.54) is 21.0 Å². The lowest BCUT2D eigenvalue weighted by atomic mass is 9.98. The van der Waals surface area contributed by atoms with E-state index in [1.807, 2.05) is 0 Å². The van der Waals surface area contributed by atoms with E-state index in [2.05, 4.69) is 20.7 Å². The van der Waals surface area contributed by atoms with Gasteiger partial charge in [0.25, 0.3) is 5.91 Å². The molecule has 0 aliphatic carbocycles. The highest BCUT2D eigenvalue weighted by molar-refractivity contribution is 14.1. The number of hydrogen-bond acceptors (Lipinski definition) is 5. The second-order valence-electron chi connectivity index (χ2n) is 4.76. The van der Waals surface area contributed by atoms with Crippen LogP contribution >= 0.6 is 38.5 Å². The normalized spacial score (nSPS) is 40.1. The Hall–Kier alpha value is 0.1000. The summed E-state index contributed by atoms with van der Waals surface area (Å²) < 4.78 is 26.9. The first-order chi connectivity index (χ1) is 8.01. The van der Waals surface area contributed by atoms with E-state index in [1.54, 1.807) is 22.6 Å². The van der Waals surface area contributed by atoms with Crippen molar-refractivity contribution in [1.82, 2.24) is 4.90 Å². The van der Waals surface area contributed by atoms with Gasteiger partial charge in [-0.05, 0) is 13.8 Å². The second kappa shape index (κ2) is 3.81. The molecule has 9 heteroatoms. The Balaban J connectivity index is 2.61. The van der Waals surface area contributed by atoms with Crippen LogP contribution in [-0.2, 0) is 24.2 Å². The van der Waals surface area contributed by atoms with E-state index in [9.17, 15) is 18.0 Å². The van der Waals surface area contributed by atoms with Gasteiger partial charge in [-0.2, -0.15) is 0 Å². The number of amides is 1. The molecule has 0 aromatic heterocycles. The van der Waals surface area contributed by atoms with Crippen LogP contribution in [0, 0.1) is 0 Å². The number of carbonyl (C=O) groups is 2. The average Bonchev–Trinajstić information content (AvgIpc) is 2.41. The number of ether oxygens (including phenoxy) is 1. The lowest BCUT2D eigenvalue weighted by Crippen LogP contribution is -2.69. The van der Waals surface area contributed by atoms with Gasteiger partial charge >= 0.3 is 5.97 Å². The van der Waals surface area contributed by atoms with Crippen molar-refractivity contribution in [2.24, 2.45) is 0 Å². The Bertz CT molecular complexity index is 543. The number of nitrogens with zero attached hydrogens (tertiary/aromatic N) is 1. The molecular formula is C9H11BrINO5S. The maximum Gasteiger partial charge on any atom is 0.330 e. The first-order valence-electron chi connectivity index (χ1n) is 5.03. The summed E-state index contributed by atoms with van der Waals surface area (Å²) in [7, 11) is -2.49. The first kappa shape index (κ1) is 14.5. The summed E-state index contributed by atoms with van der Waals surface area (Å²) in [5, 5.41) is -1.03. The van der Waals surface area contributed by atoms with Gasteiger partial charge in [0.1, 0.15) is 10.8 Å². The number of rotatable bonds is 1. The molecular weight excluding hydrogens is 441 g/mol. The molecule has 0 bridgehead atoms. The fraction of sp³-hybridized carbons (Fsp3) is 0.778. The van der Waals surface area contributed by atoms with Crippen LogP contribution in [-0.4, -0.2) is 50.8 Å². The van der Waals surface area contributed by atoms with Crippen LogP contribution in [0.1, 0.15) is 13.8 Å². The predicted molar refractivity (Wildman–Crippen MR) is 75.1 cm³/mol. The van der Waals surface area contributed by atoms with Crippen molar-refractivity contribution >= 4 is 60.2 Å². The lowest BCUT2D eigenvalue weighted by Gasteiger charge is -2.45. The summed E-state index contributed by atoms with van der Waals surface area (Å²) in [4.78, 5) is 24.8. The van der Waals surface area contributed by atoms with Gasteiger partial charge in [0, 0.05) is 0 Å². The molecule has 0 aromatic rings. The van der Waals surface area contributed by atoms with Crippen molar-refractivity contribution < 1.29 is 22.7 Å². The molecule has 2 aliphatic heterocycles. The Morgan fingerprint density at radius 1 is 1.50 bits per heavy atom. The van der Waals surface area contributed by atoms with Crippen LogP contribution in [0.4, 0.5) is 0 Å². The van der Waals surface area contributed by atoms with Crippen LogP contribution in [0.3, 0.4) is 0 Å². The Kier molecular flexibility index (Phi) is 3.07. The molecule has 102 valence electrons. The third-order valence-corrected chi connectivity index (χ3v) is 8.88. The summed E-state index contributed by atoms with van der Waals surface area (Å²) in [5.74, 6) is -1.13. The monoisotopic (exact) mass is 451 g/mol. The number of fused-ring (bicyclic) bond motifs is 1. The minimum Gasteiger partial charge on any atom is -0.467 e. The molecule has 18 heavy (non-hydrogen) atoms. The van der Waals surface area contributed by atoms with Gasteiger partial charge < -0.3 is 9.64 Å². The number of halogens is 2. The molecule has 0 N–H and O–H groups in total. The number of esters is 1. The molecule has 2 fully saturated rings. The number of hydrogen-bond donors (Lipinski definition) is 0. The molecule has 0 spiro atoms. The number of methoxy groups -OCH3 is 1. The average molecular weight is 452 g/mol. The zero-order chi connectivity index (χ0) is 14.1. The SMILES string of the molecule is COC(=O)[C@@H]1N2C(=O)C(Br)(I)[C@H]2S(=O)(=O)C1(C)C. The van der Waals surface area contributed by atoms with Crippen LogP contribution in [0.15, 0.2) is 0 Å². The molecule has 6 nitrogen and oxygen atoms in total. The summed E-state index contributed by atoms with van der Waals surface area (Å²) in [5.41, 5.74) is 0. The highest BCUT2D eigenvalue weighted by atomic mass is 127. The maximum atomic E-state index is 12.4. The number of alkyl halides is 2. The predicted octanol–water partition coefficient (Wildman–Crippen LogP) is 0.429. The van der Waals surface area contributed by atoms with Crippen molar-refractivity contribution in [3.8, 4) is 0 Å². The number of carbonyl (C=O) groups excluding carboxylic acids is 2. The molecule has 3 atom stereocenters. The topological polar surface area (TPSA) is 80.8 Å². The van der Waals surface area contributed by atoms with Gasteiger partial charge in [0.15, 0.2) is 17.5 Å². The second-order valence-corrected chi connectivity index (χ2v) is 11.8. The van der Waals surface area contributed by atoms with E-state index >= 15 is 0 Å².